The molecule has 0 saturated heterocycles. The molecule has 12 heteroatoms. The topological polar surface area (TPSA) is 134 Å². The van der Waals surface area contributed by atoms with E-state index in [1.165, 1.54) is 17.3 Å². The van der Waals surface area contributed by atoms with E-state index in [1.54, 1.807) is 36.6 Å². The van der Waals surface area contributed by atoms with E-state index in [0.717, 1.165) is 0 Å². The number of halogens is 1. The van der Waals surface area contributed by atoms with Gasteiger partial charge in [0.1, 0.15) is 11.8 Å². The quantitative estimate of drug-likeness (QED) is 0.203. The van der Waals surface area contributed by atoms with Gasteiger partial charge in [-0.25, -0.2) is 24.6 Å². The zero-order chi connectivity index (χ0) is 23.4. The molecule has 0 amide bonds. The maximum Gasteiger partial charge on any atom is 0.281 e. The SMILES string of the molecule is CN(C)/C=C\C=C(/C=O)Nn1c(CNc2ncnc3nc[nH]c23)nc2cccc(Cl)c2c1=O. The van der Waals surface area contributed by atoms with Crippen LogP contribution in [0.1, 0.15) is 5.82 Å². The highest BCUT2D eigenvalue weighted by Crippen LogP contribution is 2.20. The Hall–Kier alpha value is -4.25. The van der Waals surface area contributed by atoms with Crippen LogP contribution >= 0.6 is 11.6 Å². The van der Waals surface area contributed by atoms with E-state index in [1.807, 2.05) is 19.0 Å². The summed E-state index contributed by atoms with van der Waals surface area (Å²) in [6.45, 7) is 0.107. The number of hydrogen-bond acceptors (Lipinski definition) is 9. The van der Waals surface area contributed by atoms with Crippen LogP contribution in [0.3, 0.4) is 0 Å². The number of rotatable bonds is 8. The molecule has 3 aromatic heterocycles. The van der Waals surface area contributed by atoms with Gasteiger partial charge in [-0.1, -0.05) is 17.7 Å². The molecule has 4 aromatic rings. The second kappa shape index (κ2) is 9.49. The molecule has 0 aliphatic carbocycles. The molecule has 0 bridgehead atoms. The van der Waals surface area contributed by atoms with Crippen LogP contribution in [0.2, 0.25) is 5.02 Å². The number of hydrogen-bond donors (Lipinski definition) is 3. The molecule has 0 saturated carbocycles. The number of H-pyrrole nitrogens is 1. The molecule has 11 nitrogen and oxygen atoms in total. The maximum absolute atomic E-state index is 13.3. The summed E-state index contributed by atoms with van der Waals surface area (Å²) >= 11 is 6.28. The molecule has 33 heavy (non-hydrogen) atoms. The van der Waals surface area contributed by atoms with Gasteiger partial charge in [-0.3, -0.25) is 15.0 Å². The molecule has 0 fully saturated rings. The number of aromatic nitrogens is 6. The van der Waals surface area contributed by atoms with Crippen LogP contribution in [0.15, 0.2) is 59.7 Å². The molecular weight excluding hydrogens is 446 g/mol. The van der Waals surface area contributed by atoms with Gasteiger partial charge in [0.15, 0.2) is 23.6 Å². The Labute approximate surface area is 192 Å². The summed E-state index contributed by atoms with van der Waals surface area (Å²) in [5.74, 6) is 0.801. The van der Waals surface area contributed by atoms with E-state index in [-0.39, 0.29) is 22.7 Å². The summed E-state index contributed by atoms with van der Waals surface area (Å²) in [7, 11) is 3.71. The van der Waals surface area contributed by atoms with Crippen LogP contribution in [0.25, 0.3) is 22.1 Å². The third-order valence-corrected chi connectivity index (χ3v) is 4.90. The molecule has 0 atom stereocenters. The van der Waals surface area contributed by atoms with E-state index in [0.29, 0.717) is 34.6 Å². The number of aldehydes is 1. The van der Waals surface area contributed by atoms with Crippen molar-refractivity contribution in [2.24, 2.45) is 0 Å². The molecule has 168 valence electrons. The minimum atomic E-state index is -0.443. The number of carbonyl (C=O) groups excluding carboxylic acids is 1. The Bertz CT molecular complexity index is 1440. The molecule has 0 unspecified atom stereocenters. The van der Waals surface area contributed by atoms with Crippen molar-refractivity contribution in [1.29, 1.82) is 0 Å². The Balaban J connectivity index is 1.76. The number of imidazole rings is 1. The van der Waals surface area contributed by atoms with E-state index in [2.05, 4.69) is 35.7 Å². The summed E-state index contributed by atoms with van der Waals surface area (Å²) in [6, 6.07) is 5.03. The maximum atomic E-state index is 13.3. The first-order valence-electron chi connectivity index (χ1n) is 9.83. The molecule has 3 heterocycles. The summed E-state index contributed by atoms with van der Waals surface area (Å²) in [6.07, 6.45) is 8.49. The number of nitrogens with one attached hydrogen (secondary N) is 3. The van der Waals surface area contributed by atoms with Gasteiger partial charge in [-0.2, -0.15) is 0 Å². The van der Waals surface area contributed by atoms with Crippen molar-refractivity contribution in [1.82, 2.24) is 34.5 Å². The number of fused-ring (bicyclic) bond motifs is 2. The van der Waals surface area contributed by atoms with Gasteiger partial charge in [0.2, 0.25) is 0 Å². The lowest BCUT2D eigenvalue weighted by molar-refractivity contribution is -0.104. The van der Waals surface area contributed by atoms with E-state index in [9.17, 15) is 9.59 Å². The van der Waals surface area contributed by atoms with Crippen molar-refractivity contribution in [2.75, 3.05) is 24.8 Å². The lowest BCUT2D eigenvalue weighted by Crippen LogP contribution is -2.34. The number of aromatic amines is 1. The fraction of sp³-hybridized carbons (Fsp3) is 0.143. The van der Waals surface area contributed by atoms with Crippen LogP contribution in [0.5, 0.6) is 0 Å². The largest absolute Gasteiger partial charge is 0.383 e. The van der Waals surface area contributed by atoms with E-state index in [4.69, 9.17) is 11.6 Å². The molecule has 0 aliphatic rings. The molecule has 1 aromatic carbocycles. The second-order valence-corrected chi connectivity index (χ2v) is 7.54. The zero-order valence-corrected chi connectivity index (χ0v) is 18.5. The Kier molecular flexibility index (Phi) is 6.31. The monoisotopic (exact) mass is 465 g/mol. The van der Waals surface area contributed by atoms with Gasteiger partial charge in [0.05, 0.1) is 34.5 Å². The first kappa shape index (κ1) is 22.0. The summed E-state index contributed by atoms with van der Waals surface area (Å²) in [5.41, 5.74) is 4.10. The number of benzene rings is 1. The van der Waals surface area contributed by atoms with Crippen molar-refractivity contribution in [3.8, 4) is 0 Å². The van der Waals surface area contributed by atoms with Crippen molar-refractivity contribution in [2.45, 2.75) is 6.54 Å². The van der Waals surface area contributed by atoms with Gasteiger partial charge in [-0.05, 0) is 30.5 Å². The van der Waals surface area contributed by atoms with E-state index < -0.39 is 5.56 Å². The summed E-state index contributed by atoms with van der Waals surface area (Å²) in [4.78, 5) is 46.8. The molecule has 0 aliphatic heterocycles. The van der Waals surface area contributed by atoms with Crippen LogP contribution in [-0.2, 0) is 11.3 Å². The second-order valence-electron chi connectivity index (χ2n) is 7.14. The standard InChI is InChI=1S/C21H20ClN9O2/c1-30(2)8-4-5-13(10-32)29-31-16(28-15-7-3-6-14(22)17(15)21(31)33)9-23-19-18-20(25-11-24-18)27-12-26-19/h3-8,10-12,29H,9H2,1-2H3,(H2,23,24,25,26,27)/b8-4-,13-5+. The Morgan fingerprint density at radius 1 is 1.27 bits per heavy atom. The minimum absolute atomic E-state index is 0.107. The normalized spacial score (nSPS) is 11.9. The zero-order valence-electron chi connectivity index (χ0n) is 17.8. The van der Waals surface area contributed by atoms with Gasteiger partial charge in [0.25, 0.3) is 5.56 Å². The fourth-order valence-electron chi connectivity index (χ4n) is 3.08. The summed E-state index contributed by atoms with van der Waals surface area (Å²) in [5, 5.41) is 3.64. The third-order valence-electron chi connectivity index (χ3n) is 4.58. The van der Waals surface area contributed by atoms with Gasteiger partial charge in [0, 0.05) is 14.1 Å². The Morgan fingerprint density at radius 3 is 2.91 bits per heavy atom. The number of nitrogens with zero attached hydrogens (tertiary/aromatic N) is 6. The van der Waals surface area contributed by atoms with Crippen molar-refractivity contribution in [3.05, 3.63) is 76.1 Å². The molecular formula is C21H20ClN9O2. The van der Waals surface area contributed by atoms with Gasteiger partial charge >= 0.3 is 0 Å². The average molecular weight is 466 g/mol. The lowest BCUT2D eigenvalue weighted by atomic mass is 10.2. The molecule has 4 rings (SSSR count). The number of allylic oxidation sites excluding steroid dienone is 3. The van der Waals surface area contributed by atoms with Crippen LogP contribution < -0.4 is 16.3 Å². The highest BCUT2D eigenvalue weighted by Gasteiger charge is 2.15. The fourth-order valence-corrected chi connectivity index (χ4v) is 3.33. The lowest BCUT2D eigenvalue weighted by Gasteiger charge is -2.16. The molecule has 0 spiro atoms. The Morgan fingerprint density at radius 2 is 2.12 bits per heavy atom. The highest BCUT2D eigenvalue weighted by molar-refractivity contribution is 6.35. The smallest absolute Gasteiger partial charge is 0.281 e. The first-order valence-corrected chi connectivity index (χ1v) is 10.2. The van der Waals surface area contributed by atoms with Crippen LogP contribution in [0.4, 0.5) is 5.82 Å². The van der Waals surface area contributed by atoms with Gasteiger partial charge < -0.3 is 15.2 Å². The van der Waals surface area contributed by atoms with E-state index >= 15 is 0 Å². The highest BCUT2D eigenvalue weighted by atomic mass is 35.5. The predicted molar refractivity (Wildman–Crippen MR) is 126 cm³/mol. The molecule has 0 radical (unpaired) electrons. The summed E-state index contributed by atoms with van der Waals surface area (Å²) < 4.78 is 1.19. The van der Waals surface area contributed by atoms with Crippen LogP contribution in [0, 0.1) is 0 Å². The number of carbonyl (C=O) groups is 1. The van der Waals surface area contributed by atoms with Gasteiger partial charge in [-0.15, -0.1) is 0 Å². The minimum Gasteiger partial charge on any atom is -0.383 e. The van der Waals surface area contributed by atoms with Crippen molar-refractivity contribution < 1.29 is 4.79 Å². The predicted octanol–water partition coefficient (Wildman–Crippen LogP) is 2.03. The van der Waals surface area contributed by atoms with Crippen LogP contribution in [-0.4, -0.2) is 54.9 Å². The average Bonchev–Trinajstić information content (AvgIpc) is 3.28. The first-order chi connectivity index (χ1) is 16.0. The third kappa shape index (κ3) is 4.67. The number of anilines is 1. The van der Waals surface area contributed by atoms with Crippen molar-refractivity contribution >= 4 is 45.8 Å². The molecule has 3 N–H and O–H groups in total. The van der Waals surface area contributed by atoms with Crippen molar-refractivity contribution in [3.63, 3.8) is 0 Å².